The highest BCUT2D eigenvalue weighted by Crippen LogP contribution is 2.19. The summed E-state index contributed by atoms with van der Waals surface area (Å²) in [6, 6.07) is 0. The Labute approximate surface area is 565 Å². The van der Waals surface area contributed by atoms with Gasteiger partial charge in [0.15, 0.2) is 6.10 Å². The van der Waals surface area contributed by atoms with Crippen LogP contribution in [0.4, 0.5) is 0 Å². The van der Waals surface area contributed by atoms with E-state index < -0.39 is 18.4 Å². The van der Waals surface area contributed by atoms with Gasteiger partial charge in [-0.2, -0.15) is 0 Å². The van der Waals surface area contributed by atoms with Crippen LogP contribution in [0.1, 0.15) is 386 Å². The molecule has 0 rings (SSSR count). The highest BCUT2D eigenvalue weighted by atomic mass is 16.7. The van der Waals surface area contributed by atoms with Crippen LogP contribution in [-0.4, -0.2) is 87.4 Å². The van der Waals surface area contributed by atoms with Crippen LogP contribution in [0, 0.1) is 0 Å². The second kappa shape index (κ2) is 72.8. The molecule has 0 spiro atoms. The summed E-state index contributed by atoms with van der Waals surface area (Å²) >= 11 is 0. The molecule has 0 radical (unpaired) electrons. The van der Waals surface area contributed by atoms with Crippen LogP contribution < -0.4 is 0 Å². The summed E-state index contributed by atoms with van der Waals surface area (Å²) in [6.45, 7) is 4.83. The molecule has 0 bridgehead atoms. The van der Waals surface area contributed by atoms with Crippen molar-refractivity contribution in [3.63, 3.8) is 0 Å². The van der Waals surface area contributed by atoms with Gasteiger partial charge < -0.3 is 28.5 Å². The number of nitrogens with zero attached hydrogens (tertiary/aromatic N) is 1. The van der Waals surface area contributed by atoms with E-state index in [4.69, 9.17) is 18.9 Å². The third-order valence-electron chi connectivity index (χ3n) is 17.8. The summed E-state index contributed by atoms with van der Waals surface area (Å²) in [4.78, 5) is 37.7. The molecule has 0 saturated carbocycles. The number of carbonyl (C=O) groups excluding carboxylic acids is 2. The van der Waals surface area contributed by atoms with Crippen LogP contribution >= 0.6 is 0 Å². The molecule has 2 unspecified atom stereocenters. The van der Waals surface area contributed by atoms with E-state index in [2.05, 4.69) is 74.6 Å². The van der Waals surface area contributed by atoms with Crippen LogP contribution in [0.15, 0.2) is 60.8 Å². The Kier molecular flexibility index (Phi) is 70.4. The predicted molar refractivity (Wildman–Crippen MR) is 392 cm³/mol. The number of carboxylic acid groups (broad SMARTS) is 1. The van der Waals surface area contributed by atoms with E-state index in [1.165, 1.54) is 295 Å². The third-order valence-corrected chi connectivity index (χ3v) is 17.8. The average Bonchev–Trinajstić information content (AvgIpc) is 3.46. The molecule has 0 aliphatic rings. The fraction of sp³-hybridized carbons (Fsp3) is 0.841. The first-order chi connectivity index (χ1) is 44.6. The van der Waals surface area contributed by atoms with Gasteiger partial charge in [0.25, 0.3) is 6.29 Å². The number of carboxylic acids is 1. The Morgan fingerprint density at radius 3 is 0.945 bits per heavy atom. The number of ether oxygens (including phenoxy) is 4. The maximum absolute atomic E-state index is 13.0. The second-order valence-corrected chi connectivity index (χ2v) is 28.0. The third kappa shape index (κ3) is 74.3. The number of likely N-dealkylation sites (N-methyl/N-ethyl adjacent to an activating group) is 1. The number of hydrogen-bond donors (Lipinski definition) is 1. The first-order valence-corrected chi connectivity index (χ1v) is 39.5. The van der Waals surface area contributed by atoms with E-state index in [0.717, 1.165) is 64.2 Å². The highest BCUT2D eigenvalue weighted by Gasteiger charge is 2.25. The first kappa shape index (κ1) is 88.0. The molecule has 0 saturated heterocycles. The minimum absolute atomic E-state index is 0.177. The normalized spacial score (nSPS) is 12.9. The van der Waals surface area contributed by atoms with Crippen molar-refractivity contribution in [2.24, 2.45) is 0 Å². The molecule has 0 aromatic carbocycles. The van der Waals surface area contributed by atoms with Gasteiger partial charge in [-0.1, -0.05) is 357 Å². The van der Waals surface area contributed by atoms with Gasteiger partial charge in [-0.15, -0.1) is 0 Å². The first-order valence-electron chi connectivity index (χ1n) is 39.5. The molecular formula is C82H152NO8+. The maximum atomic E-state index is 13.0. The van der Waals surface area contributed by atoms with Crippen molar-refractivity contribution < 1.29 is 42.9 Å². The summed E-state index contributed by atoms with van der Waals surface area (Å²) < 4.78 is 23.1. The van der Waals surface area contributed by atoms with Crippen LogP contribution in [0.25, 0.3) is 0 Å². The van der Waals surface area contributed by atoms with Crippen molar-refractivity contribution in [2.75, 3.05) is 47.5 Å². The molecule has 2 atom stereocenters. The van der Waals surface area contributed by atoms with Gasteiger partial charge in [0, 0.05) is 12.8 Å². The van der Waals surface area contributed by atoms with E-state index in [1.54, 1.807) is 0 Å². The summed E-state index contributed by atoms with van der Waals surface area (Å²) in [6.07, 6.45) is 93.8. The van der Waals surface area contributed by atoms with E-state index >= 15 is 0 Å². The Hall–Kier alpha value is -3.01. The highest BCUT2D eigenvalue weighted by molar-refractivity contribution is 5.71. The minimum atomic E-state index is -1.51. The van der Waals surface area contributed by atoms with E-state index in [0.29, 0.717) is 17.4 Å². The number of allylic oxidation sites excluding steroid dienone is 10. The zero-order valence-electron chi connectivity index (χ0n) is 61.0. The lowest BCUT2D eigenvalue weighted by Gasteiger charge is -2.25. The lowest BCUT2D eigenvalue weighted by atomic mass is 10.0. The van der Waals surface area contributed by atoms with Gasteiger partial charge in [0.05, 0.1) is 34.4 Å². The number of hydrogen-bond acceptors (Lipinski definition) is 7. The van der Waals surface area contributed by atoms with Gasteiger partial charge in [-0.25, -0.2) is 4.79 Å². The van der Waals surface area contributed by atoms with Gasteiger partial charge in [-0.05, 0) is 77.0 Å². The second-order valence-electron chi connectivity index (χ2n) is 28.0. The van der Waals surface area contributed by atoms with Gasteiger partial charge in [0.2, 0.25) is 0 Å². The molecule has 0 aromatic rings. The summed E-state index contributed by atoms with van der Waals surface area (Å²) in [7, 11) is 6.00. The van der Waals surface area contributed by atoms with Crippen molar-refractivity contribution in [3.8, 4) is 0 Å². The lowest BCUT2D eigenvalue weighted by Crippen LogP contribution is -2.40. The molecule has 0 fully saturated rings. The molecule has 0 heterocycles. The average molecular weight is 1280 g/mol. The van der Waals surface area contributed by atoms with E-state index in [1.807, 2.05) is 21.1 Å². The van der Waals surface area contributed by atoms with Crippen LogP contribution in [0.2, 0.25) is 0 Å². The van der Waals surface area contributed by atoms with Crippen LogP contribution in [0.3, 0.4) is 0 Å². The Bertz CT molecular complexity index is 1680. The monoisotopic (exact) mass is 1280 g/mol. The van der Waals surface area contributed by atoms with Crippen molar-refractivity contribution in [2.45, 2.75) is 399 Å². The Morgan fingerprint density at radius 1 is 0.341 bits per heavy atom. The zero-order valence-corrected chi connectivity index (χ0v) is 61.0. The molecular weight excluding hydrogens is 1130 g/mol. The molecule has 0 aliphatic heterocycles. The zero-order chi connectivity index (χ0) is 66.1. The Morgan fingerprint density at radius 2 is 0.626 bits per heavy atom. The number of carbonyl (C=O) groups is 3. The summed E-state index contributed by atoms with van der Waals surface area (Å²) in [5.41, 5.74) is 0. The van der Waals surface area contributed by atoms with Gasteiger partial charge in [-0.3, -0.25) is 9.59 Å². The number of quaternary nitrogens is 1. The van der Waals surface area contributed by atoms with E-state index in [-0.39, 0.29) is 38.2 Å². The molecule has 532 valence electrons. The predicted octanol–water partition coefficient (Wildman–Crippen LogP) is 25.0. The summed E-state index contributed by atoms with van der Waals surface area (Å²) in [5.74, 6) is -1.97. The largest absolute Gasteiger partial charge is 0.477 e. The van der Waals surface area contributed by atoms with E-state index in [9.17, 15) is 19.5 Å². The molecule has 0 amide bonds. The SMILES string of the molecule is CC/C=C\C/C=C\C/C=C\C/C=C\CCCCCCCCCCCCCCCCCCCCCCCCC(=O)OC(COC(=O)CCCCCCCCCCCCCCCCCCCCC/C=C\CCCCCCCCCC)COC(OCC[N+](C)(C)C)C(=O)O. The number of rotatable bonds is 74. The van der Waals surface area contributed by atoms with Crippen LogP contribution in [-0.2, 0) is 33.3 Å². The number of esters is 2. The van der Waals surface area contributed by atoms with Gasteiger partial charge in [0.1, 0.15) is 13.2 Å². The maximum Gasteiger partial charge on any atom is 0.361 e. The smallest absolute Gasteiger partial charge is 0.361 e. The molecule has 0 aromatic heterocycles. The fourth-order valence-corrected chi connectivity index (χ4v) is 11.8. The van der Waals surface area contributed by atoms with Crippen molar-refractivity contribution in [1.82, 2.24) is 0 Å². The Balaban J connectivity index is 3.99. The lowest BCUT2D eigenvalue weighted by molar-refractivity contribution is -0.870. The molecule has 9 nitrogen and oxygen atoms in total. The quantitative estimate of drug-likeness (QED) is 0.0211. The topological polar surface area (TPSA) is 108 Å². The molecule has 9 heteroatoms. The standard InChI is InChI=1S/C82H151NO8/c1-6-8-10-12-14-16-18-20-22-24-26-28-30-32-34-36-38-39-40-41-43-45-47-49-51-53-55-57-59-61-63-65-67-69-71-73-80(85)91-78(77-90-82(81(86)87)88-75-74-83(3,4)5)76-89-79(84)72-70-68-66-64-62-60-58-56-54-52-50-48-46-44-42-37-35-33-31-29-27-25-23-21-19-17-15-13-11-9-7-2/h8,10,14,16,20,22,25-28,78,82H,6-7,9,11-13,15,17-19,21,23-24,29-77H2,1-5H3/p+1/b10-8-,16-14-,22-20-,27-25-,28-26-. The minimum Gasteiger partial charge on any atom is -0.477 e. The summed E-state index contributed by atoms with van der Waals surface area (Å²) in [5, 5.41) is 9.77. The molecule has 91 heavy (non-hydrogen) atoms. The van der Waals surface area contributed by atoms with Gasteiger partial charge >= 0.3 is 17.9 Å². The number of unbranched alkanes of at least 4 members (excludes halogenated alkanes) is 49. The molecule has 1 N–H and O–H groups in total. The molecule has 0 aliphatic carbocycles. The van der Waals surface area contributed by atoms with Crippen LogP contribution in [0.5, 0.6) is 0 Å². The number of aliphatic carboxylic acids is 1. The van der Waals surface area contributed by atoms with Crippen molar-refractivity contribution in [3.05, 3.63) is 60.8 Å². The van der Waals surface area contributed by atoms with Crippen molar-refractivity contribution in [1.29, 1.82) is 0 Å². The van der Waals surface area contributed by atoms with Crippen molar-refractivity contribution >= 4 is 17.9 Å². The fourth-order valence-electron chi connectivity index (χ4n) is 11.8.